The molecule has 0 N–H and O–H groups in total. The average Bonchev–Trinajstić information content (AvgIpc) is 2.68. The Morgan fingerprint density at radius 3 is 2.59 bits per heavy atom. The third-order valence-corrected chi connectivity index (χ3v) is 5.59. The maximum atomic E-state index is 12.7. The first-order chi connectivity index (χ1) is 10.4. The zero-order chi connectivity index (χ0) is 16.1. The van der Waals surface area contributed by atoms with Crippen LogP contribution >= 0.6 is 34.8 Å². The molecule has 22 heavy (non-hydrogen) atoms. The first kappa shape index (κ1) is 15.9. The summed E-state index contributed by atoms with van der Waals surface area (Å²) in [6, 6.07) is 2.96. The fourth-order valence-corrected chi connectivity index (χ4v) is 4.19. The lowest BCUT2D eigenvalue weighted by atomic mass is 9.80. The van der Waals surface area contributed by atoms with Gasteiger partial charge in [0.1, 0.15) is 10.6 Å². The normalized spacial score (nSPS) is 28.0. The van der Waals surface area contributed by atoms with Crippen molar-refractivity contribution in [3.05, 3.63) is 22.2 Å². The molecule has 3 rings (SSSR count). The van der Waals surface area contributed by atoms with Crippen LogP contribution < -0.4 is 9.64 Å². The Balaban J connectivity index is 2.09. The van der Waals surface area contributed by atoms with Gasteiger partial charge in [-0.2, -0.15) is 0 Å². The molecule has 1 aliphatic carbocycles. The summed E-state index contributed by atoms with van der Waals surface area (Å²) in [5.74, 6) is -0.852. The molecule has 1 aliphatic heterocycles. The maximum Gasteiger partial charge on any atom is 0.255 e. The molecule has 0 radical (unpaired) electrons. The molecule has 2 fully saturated rings. The van der Waals surface area contributed by atoms with Crippen molar-refractivity contribution >= 4 is 52.3 Å². The van der Waals surface area contributed by atoms with E-state index in [9.17, 15) is 9.59 Å². The molecular weight excluding hydrogens is 349 g/mol. The minimum atomic E-state index is -1.15. The van der Waals surface area contributed by atoms with Crippen LogP contribution in [0.4, 0.5) is 5.69 Å². The summed E-state index contributed by atoms with van der Waals surface area (Å²) in [5, 5.41) is 0.528. The van der Waals surface area contributed by atoms with Crippen LogP contribution in [0.3, 0.4) is 0 Å². The highest BCUT2D eigenvalue weighted by atomic mass is 35.5. The molecule has 118 valence electrons. The lowest BCUT2D eigenvalue weighted by molar-refractivity contribution is -0.122. The number of carbonyl (C=O) groups is 2. The van der Waals surface area contributed by atoms with E-state index in [-0.39, 0.29) is 16.6 Å². The molecule has 1 saturated carbocycles. The van der Waals surface area contributed by atoms with Gasteiger partial charge in [-0.15, -0.1) is 11.6 Å². The van der Waals surface area contributed by atoms with E-state index in [1.54, 1.807) is 0 Å². The van der Waals surface area contributed by atoms with E-state index in [0.717, 1.165) is 17.7 Å². The van der Waals surface area contributed by atoms with Crippen LogP contribution in [-0.4, -0.2) is 23.8 Å². The summed E-state index contributed by atoms with van der Waals surface area (Å²) in [5.41, 5.74) is 0.271. The Labute approximate surface area is 143 Å². The maximum absolute atomic E-state index is 12.7. The molecule has 2 atom stereocenters. The quantitative estimate of drug-likeness (QED) is 0.589. The predicted molar refractivity (Wildman–Crippen MR) is 86.0 cm³/mol. The van der Waals surface area contributed by atoms with Crippen molar-refractivity contribution in [1.82, 2.24) is 0 Å². The van der Waals surface area contributed by atoms with Gasteiger partial charge >= 0.3 is 0 Å². The molecule has 1 aromatic carbocycles. The zero-order valence-electron chi connectivity index (χ0n) is 11.9. The molecule has 1 heterocycles. The number of hydrogen-bond acceptors (Lipinski definition) is 3. The van der Waals surface area contributed by atoms with E-state index in [1.807, 2.05) is 0 Å². The third-order valence-electron chi connectivity index (χ3n) is 4.38. The smallest absolute Gasteiger partial charge is 0.255 e. The Bertz CT molecular complexity index is 664. The Morgan fingerprint density at radius 2 is 1.95 bits per heavy atom. The summed E-state index contributed by atoms with van der Waals surface area (Å²) in [6.45, 7) is 0. The van der Waals surface area contributed by atoms with Crippen LogP contribution in [0.1, 0.15) is 25.7 Å². The number of halogens is 3. The number of ether oxygens (including phenoxy) is 1. The van der Waals surface area contributed by atoms with Gasteiger partial charge in [-0.1, -0.05) is 36.0 Å². The monoisotopic (exact) mass is 361 g/mol. The Kier molecular flexibility index (Phi) is 4.04. The Morgan fingerprint density at radius 1 is 1.23 bits per heavy atom. The molecule has 0 bridgehead atoms. The van der Waals surface area contributed by atoms with Crippen LogP contribution in [0.25, 0.3) is 0 Å². The van der Waals surface area contributed by atoms with Gasteiger partial charge in [0, 0.05) is 6.07 Å². The topological polar surface area (TPSA) is 46.6 Å². The number of fused-ring (bicyclic) bond motifs is 1. The lowest BCUT2D eigenvalue weighted by Crippen LogP contribution is -2.40. The highest BCUT2D eigenvalue weighted by Gasteiger charge is 2.59. The fourth-order valence-electron chi connectivity index (χ4n) is 3.22. The van der Waals surface area contributed by atoms with Crippen LogP contribution in [0, 0.1) is 5.92 Å². The summed E-state index contributed by atoms with van der Waals surface area (Å²) in [7, 11) is 1.45. The van der Waals surface area contributed by atoms with E-state index in [1.165, 1.54) is 19.2 Å². The number of methoxy groups -OCH3 is 1. The van der Waals surface area contributed by atoms with Gasteiger partial charge in [-0.25, -0.2) is 4.90 Å². The fraction of sp³-hybridized carbons (Fsp3) is 0.467. The molecule has 2 aliphatic rings. The third kappa shape index (κ3) is 2.20. The number of imide groups is 1. The van der Waals surface area contributed by atoms with E-state index in [2.05, 4.69) is 0 Å². The van der Waals surface area contributed by atoms with E-state index < -0.39 is 16.7 Å². The number of anilines is 1. The molecule has 2 unspecified atom stereocenters. The van der Waals surface area contributed by atoms with Gasteiger partial charge in [0.2, 0.25) is 5.91 Å². The zero-order valence-corrected chi connectivity index (χ0v) is 14.1. The number of rotatable bonds is 2. The number of benzene rings is 1. The van der Waals surface area contributed by atoms with Crippen molar-refractivity contribution in [1.29, 1.82) is 0 Å². The van der Waals surface area contributed by atoms with E-state index in [4.69, 9.17) is 39.5 Å². The molecule has 2 amide bonds. The first-order valence-corrected chi connectivity index (χ1v) is 8.14. The molecule has 0 aromatic heterocycles. The molecule has 1 aromatic rings. The molecule has 7 heteroatoms. The highest BCUT2D eigenvalue weighted by molar-refractivity contribution is 6.46. The summed E-state index contributed by atoms with van der Waals surface area (Å²) < 4.78 is 5.14. The Hall–Kier alpha value is -0.970. The second-order valence-electron chi connectivity index (χ2n) is 5.58. The predicted octanol–water partition coefficient (Wildman–Crippen LogP) is 4.04. The molecule has 1 saturated heterocycles. The van der Waals surface area contributed by atoms with Crippen molar-refractivity contribution in [2.45, 2.75) is 30.6 Å². The van der Waals surface area contributed by atoms with Gasteiger partial charge in [0.05, 0.1) is 28.8 Å². The second-order valence-corrected chi connectivity index (χ2v) is 7.07. The summed E-state index contributed by atoms with van der Waals surface area (Å²) in [6.07, 6.45) is 2.85. The van der Waals surface area contributed by atoms with Crippen molar-refractivity contribution in [2.75, 3.05) is 12.0 Å². The van der Waals surface area contributed by atoms with Crippen LogP contribution in [0.15, 0.2) is 12.1 Å². The SMILES string of the molecule is COc1cc(N2C(=O)C3CCCCC3(Cl)C2=O)c(Cl)cc1Cl. The highest BCUT2D eigenvalue weighted by Crippen LogP contribution is 2.49. The second kappa shape index (κ2) is 5.59. The van der Waals surface area contributed by atoms with Gasteiger partial charge in [-0.3, -0.25) is 9.59 Å². The summed E-state index contributed by atoms with van der Waals surface area (Å²) >= 11 is 18.7. The minimum absolute atomic E-state index is 0.214. The number of hydrogen-bond donors (Lipinski definition) is 0. The number of alkyl halides is 1. The largest absolute Gasteiger partial charge is 0.495 e. The molecular formula is C15H14Cl3NO3. The van der Waals surface area contributed by atoms with Crippen molar-refractivity contribution in [2.24, 2.45) is 5.92 Å². The van der Waals surface area contributed by atoms with Crippen LogP contribution in [-0.2, 0) is 9.59 Å². The standard InChI is InChI=1S/C15H14Cl3NO3/c1-22-12-7-11(9(16)6-10(12)17)19-13(20)8-4-2-3-5-15(8,18)14(19)21/h6-8H,2-5H2,1H3. The van der Waals surface area contributed by atoms with Crippen molar-refractivity contribution in [3.63, 3.8) is 0 Å². The van der Waals surface area contributed by atoms with Crippen molar-refractivity contribution < 1.29 is 14.3 Å². The molecule has 0 spiro atoms. The number of carbonyl (C=O) groups excluding carboxylic acids is 2. The van der Waals surface area contributed by atoms with Gasteiger partial charge in [-0.05, 0) is 18.9 Å². The first-order valence-electron chi connectivity index (χ1n) is 7.00. The van der Waals surface area contributed by atoms with Crippen LogP contribution in [0.5, 0.6) is 5.75 Å². The lowest BCUT2D eigenvalue weighted by Gasteiger charge is -2.28. The van der Waals surface area contributed by atoms with Crippen LogP contribution in [0.2, 0.25) is 10.0 Å². The number of nitrogens with zero attached hydrogens (tertiary/aromatic N) is 1. The molecule has 4 nitrogen and oxygen atoms in total. The average molecular weight is 363 g/mol. The number of amides is 2. The van der Waals surface area contributed by atoms with Gasteiger partial charge in [0.25, 0.3) is 5.91 Å². The van der Waals surface area contributed by atoms with E-state index >= 15 is 0 Å². The van der Waals surface area contributed by atoms with Gasteiger partial charge in [0.15, 0.2) is 0 Å². The van der Waals surface area contributed by atoms with Gasteiger partial charge < -0.3 is 4.74 Å². The van der Waals surface area contributed by atoms with E-state index in [0.29, 0.717) is 23.6 Å². The summed E-state index contributed by atoms with van der Waals surface area (Å²) in [4.78, 5) is 25.4. The van der Waals surface area contributed by atoms with Crippen molar-refractivity contribution in [3.8, 4) is 5.75 Å². The minimum Gasteiger partial charge on any atom is -0.495 e.